The van der Waals surface area contributed by atoms with Gasteiger partial charge in [-0.15, -0.1) is 0 Å². The van der Waals surface area contributed by atoms with Crippen LogP contribution >= 0.6 is 0 Å². The Hall–Kier alpha value is -3.28. The van der Waals surface area contributed by atoms with Gasteiger partial charge in [-0.3, -0.25) is 9.48 Å². The molecule has 1 atom stereocenters. The smallest absolute Gasteiger partial charge is 0.253 e. The fourth-order valence-corrected chi connectivity index (χ4v) is 3.10. The molecule has 2 heterocycles. The van der Waals surface area contributed by atoms with Crippen molar-refractivity contribution in [2.45, 2.75) is 12.6 Å². The molecule has 0 N–H and O–H groups in total. The van der Waals surface area contributed by atoms with Crippen LogP contribution < -0.4 is 9.47 Å². The van der Waals surface area contributed by atoms with Crippen molar-refractivity contribution in [2.24, 2.45) is 0 Å². The van der Waals surface area contributed by atoms with Gasteiger partial charge in [0.15, 0.2) is 17.6 Å². The third-order valence-corrected chi connectivity index (χ3v) is 4.50. The fraction of sp³-hybridized carbons (Fsp3) is 0.238. The minimum absolute atomic E-state index is 0.0388. The molecular weight excluding hydrogens is 342 g/mol. The predicted molar refractivity (Wildman–Crippen MR) is 101 cm³/mol. The lowest BCUT2D eigenvalue weighted by Crippen LogP contribution is -2.41. The van der Waals surface area contributed by atoms with Crippen LogP contribution in [0.3, 0.4) is 0 Å². The molecule has 0 spiro atoms. The Morgan fingerprint density at radius 1 is 1.15 bits per heavy atom. The molecule has 0 radical (unpaired) electrons. The number of benzene rings is 2. The van der Waals surface area contributed by atoms with E-state index in [4.69, 9.17) is 9.47 Å². The number of carbonyl (C=O) groups excluding carboxylic acids is 1. The second-order valence-corrected chi connectivity index (χ2v) is 6.58. The van der Waals surface area contributed by atoms with Crippen LogP contribution in [-0.4, -0.2) is 46.9 Å². The van der Waals surface area contributed by atoms with E-state index in [-0.39, 0.29) is 12.0 Å². The molecule has 1 amide bonds. The molecule has 1 aliphatic rings. The molecule has 6 nitrogen and oxygen atoms in total. The van der Waals surface area contributed by atoms with Gasteiger partial charge in [0, 0.05) is 25.0 Å². The lowest BCUT2D eigenvalue weighted by molar-refractivity contribution is 0.0521. The van der Waals surface area contributed by atoms with Crippen LogP contribution in [0.2, 0.25) is 0 Å². The van der Waals surface area contributed by atoms with E-state index in [9.17, 15) is 4.79 Å². The lowest BCUT2D eigenvalue weighted by Gasteiger charge is -2.29. The SMILES string of the molecule is CN(C[C@H]1COc2ccccc2O1)C(=O)c1ccc(Cn2cccn2)cc1. The quantitative estimate of drug-likeness (QED) is 0.699. The molecule has 0 unspecified atom stereocenters. The van der Waals surface area contributed by atoms with Crippen molar-refractivity contribution in [1.29, 1.82) is 0 Å². The normalized spacial score (nSPS) is 15.4. The minimum Gasteiger partial charge on any atom is -0.486 e. The Morgan fingerprint density at radius 2 is 1.93 bits per heavy atom. The molecule has 27 heavy (non-hydrogen) atoms. The predicted octanol–water partition coefficient (Wildman–Crippen LogP) is 2.84. The topological polar surface area (TPSA) is 56.6 Å². The first-order chi connectivity index (χ1) is 13.2. The summed E-state index contributed by atoms with van der Waals surface area (Å²) >= 11 is 0. The molecule has 2 aromatic carbocycles. The van der Waals surface area contributed by atoms with E-state index < -0.39 is 0 Å². The third-order valence-electron chi connectivity index (χ3n) is 4.50. The van der Waals surface area contributed by atoms with Gasteiger partial charge >= 0.3 is 0 Å². The van der Waals surface area contributed by atoms with Crippen molar-refractivity contribution >= 4 is 5.91 Å². The van der Waals surface area contributed by atoms with E-state index in [1.54, 1.807) is 18.1 Å². The highest BCUT2D eigenvalue weighted by atomic mass is 16.6. The lowest BCUT2D eigenvalue weighted by atomic mass is 10.1. The highest BCUT2D eigenvalue weighted by Gasteiger charge is 2.24. The zero-order valence-corrected chi connectivity index (χ0v) is 15.1. The van der Waals surface area contributed by atoms with E-state index in [1.807, 2.05) is 65.5 Å². The Kier molecular flexibility index (Phi) is 4.78. The van der Waals surface area contributed by atoms with Crippen LogP contribution in [0.1, 0.15) is 15.9 Å². The molecule has 3 aromatic rings. The van der Waals surface area contributed by atoms with E-state index in [1.165, 1.54) is 0 Å². The van der Waals surface area contributed by atoms with Crippen LogP contribution in [0.5, 0.6) is 11.5 Å². The third kappa shape index (κ3) is 3.95. The molecule has 0 saturated carbocycles. The summed E-state index contributed by atoms with van der Waals surface area (Å²) in [4.78, 5) is 14.4. The standard InChI is InChI=1S/C21H21N3O3/c1-23(14-18-15-26-19-5-2-3-6-20(19)27-18)21(25)17-9-7-16(8-10-17)13-24-12-4-11-22-24/h2-12,18H,13-15H2,1H3/t18-/m0/s1. The number of nitrogens with zero attached hydrogens (tertiary/aromatic N) is 3. The van der Waals surface area contributed by atoms with Crippen LogP contribution in [-0.2, 0) is 6.54 Å². The monoisotopic (exact) mass is 363 g/mol. The van der Waals surface area contributed by atoms with Gasteiger partial charge in [0.25, 0.3) is 5.91 Å². The van der Waals surface area contributed by atoms with Crippen molar-refractivity contribution < 1.29 is 14.3 Å². The largest absolute Gasteiger partial charge is 0.486 e. The van der Waals surface area contributed by atoms with Crippen molar-refractivity contribution in [2.75, 3.05) is 20.2 Å². The Morgan fingerprint density at radius 3 is 2.67 bits per heavy atom. The molecule has 138 valence electrons. The summed E-state index contributed by atoms with van der Waals surface area (Å²) in [7, 11) is 1.78. The average Bonchev–Trinajstić information content (AvgIpc) is 3.21. The number of likely N-dealkylation sites (N-methyl/N-ethyl adjacent to an activating group) is 1. The number of fused-ring (bicyclic) bond motifs is 1. The summed E-state index contributed by atoms with van der Waals surface area (Å²) in [6.07, 6.45) is 3.48. The van der Waals surface area contributed by atoms with Gasteiger partial charge in [-0.2, -0.15) is 5.10 Å². The molecule has 6 heteroatoms. The van der Waals surface area contributed by atoms with Gasteiger partial charge in [-0.1, -0.05) is 24.3 Å². The number of rotatable bonds is 5. The summed E-state index contributed by atoms with van der Waals surface area (Å²) in [6, 6.07) is 17.1. The second kappa shape index (κ2) is 7.53. The highest BCUT2D eigenvalue weighted by Crippen LogP contribution is 2.31. The molecule has 4 rings (SSSR count). The fourth-order valence-electron chi connectivity index (χ4n) is 3.10. The van der Waals surface area contributed by atoms with Gasteiger partial charge in [-0.05, 0) is 35.9 Å². The molecule has 0 bridgehead atoms. The molecule has 1 aromatic heterocycles. The first-order valence-electron chi connectivity index (χ1n) is 8.89. The van der Waals surface area contributed by atoms with Crippen molar-refractivity contribution in [3.05, 3.63) is 78.1 Å². The zero-order valence-electron chi connectivity index (χ0n) is 15.1. The summed E-state index contributed by atoms with van der Waals surface area (Å²) in [5.74, 6) is 1.43. The average molecular weight is 363 g/mol. The van der Waals surface area contributed by atoms with Gasteiger partial charge in [-0.25, -0.2) is 0 Å². The van der Waals surface area contributed by atoms with E-state index >= 15 is 0 Å². The van der Waals surface area contributed by atoms with Crippen molar-refractivity contribution in [1.82, 2.24) is 14.7 Å². The maximum absolute atomic E-state index is 12.7. The van der Waals surface area contributed by atoms with Crippen molar-refractivity contribution in [3.63, 3.8) is 0 Å². The maximum atomic E-state index is 12.7. The number of amides is 1. The molecule has 0 fully saturated rings. The summed E-state index contributed by atoms with van der Waals surface area (Å²) in [5.41, 5.74) is 1.75. The Balaban J connectivity index is 1.36. The van der Waals surface area contributed by atoms with Gasteiger partial charge in [0.2, 0.25) is 0 Å². The molecule has 0 saturated heterocycles. The molecule has 0 aliphatic carbocycles. The van der Waals surface area contributed by atoms with Crippen molar-refractivity contribution in [3.8, 4) is 11.5 Å². The number of carbonyl (C=O) groups is 1. The highest BCUT2D eigenvalue weighted by molar-refractivity contribution is 5.94. The first-order valence-corrected chi connectivity index (χ1v) is 8.89. The minimum atomic E-state index is -0.187. The van der Waals surface area contributed by atoms with Crippen LogP contribution in [0.15, 0.2) is 67.0 Å². The summed E-state index contributed by atoms with van der Waals surface area (Å²) in [5, 5.41) is 4.19. The van der Waals surface area contributed by atoms with Crippen LogP contribution in [0.25, 0.3) is 0 Å². The molecular formula is C21H21N3O3. The first kappa shape index (κ1) is 17.1. The number of ether oxygens (including phenoxy) is 2. The number of para-hydroxylation sites is 2. The zero-order chi connectivity index (χ0) is 18.6. The molecule has 1 aliphatic heterocycles. The number of aromatic nitrogens is 2. The second-order valence-electron chi connectivity index (χ2n) is 6.58. The van der Waals surface area contributed by atoms with E-state index in [0.29, 0.717) is 25.3 Å². The maximum Gasteiger partial charge on any atom is 0.253 e. The van der Waals surface area contributed by atoms with E-state index in [2.05, 4.69) is 5.10 Å². The van der Waals surface area contributed by atoms with Gasteiger partial charge in [0.05, 0.1) is 13.1 Å². The van der Waals surface area contributed by atoms with Crippen LogP contribution in [0, 0.1) is 0 Å². The number of hydrogen-bond donors (Lipinski definition) is 0. The Labute approximate surface area is 157 Å². The number of hydrogen-bond acceptors (Lipinski definition) is 4. The van der Waals surface area contributed by atoms with E-state index in [0.717, 1.165) is 17.1 Å². The van der Waals surface area contributed by atoms with Crippen LogP contribution in [0.4, 0.5) is 0 Å². The summed E-state index contributed by atoms with van der Waals surface area (Å²) < 4.78 is 13.5. The summed E-state index contributed by atoms with van der Waals surface area (Å²) in [6.45, 7) is 1.57. The Bertz CT molecular complexity index is 907. The van der Waals surface area contributed by atoms with Gasteiger partial charge in [0.1, 0.15) is 6.61 Å². The van der Waals surface area contributed by atoms with Gasteiger partial charge < -0.3 is 14.4 Å².